The molecule has 0 atom stereocenters. The molecule has 1 aromatic carbocycles. The van der Waals surface area contributed by atoms with Crippen LogP contribution < -0.4 is 10.2 Å². The second kappa shape index (κ2) is 6.33. The molecule has 0 bridgehead atoms. The number of hydrogen-bond donors (Lipinski definition) is 1. The predicted molar refractivity (Wildman–Crippen MR) is 72.1 cm³/mol. The zero-order valence-corrected chi connectivity index (χ0v) is 10.6. The maximum Gasteiger partial charge on any atom is 0.0395 e. The molecule has 0 spiro atoms. The first-order valence-electron chi connectivity index (χ1n) is 5.78. The van der Waals surface area contributed by atoms with Crippen molar-refractivity contribution in [3.05, 3.63) is 42.0 Å². The summed E-state index contributed by atoms with van der Waals surface area (Å²) in [6.07, 6.45) is 0. The van der Waals surface area contributed by atoms with Crippen LogP contribution in [-0.2, 0) is 0 Å². The molecular formula is C14H22N2. The normalized spacial score (nSPS) is 10.2. The van der Waals surface area contributed by atoms with Crippen LogP contribution >= 0.6 is 0 Å². The number of aryl methyl sites for hydroxylation is 1. The van der Waals surface area contributed by atoms with Gasteiger partial charge in [-0.25, -0.2) is 0 Å². The molecule has 0 aliphatic rings. The highest BCUT2D eigenvalue weighted by molar-refractivity contribution is 5.48. The lowest BCUT2D eigenvalue weighted by atomic mass is 10.2. The van der Waals surface area contributed by atoms with Gasteiger partial charge in [-0.2, -0.15) is 0 Å². The minimum absolute atomic E-state index is 0.895. The predicted octanol–water partition coefficient (Wildman–Crippen LogP) is 2.60. The summed E-state index contributed by atoms with van der Waals surface area (Å²) < 4.78 is 0. The van der Waals surface area contributed by atoms with Crippen molar-refractivity contribution < 1.29 is 0 Å². The van der Waals surface area contributed by atoms with E-state index in [2.05, 4.69) is 62.0 Å². The Labute approximate surface area is 99.0 Å². The van der Waals surface area contributed by atoms with Gasteiger partial charge in [-0.05, 0) is 36.7 Å². The molecule has 2 nitrogen and oxygen atoms in total. The van der Waals surface area contributed by atoms with E-state index in [0.29, 0.717) is 0 Å². The van der Waals surface area contributed by atoms with Crippen LogP contribution in [0.2, 0.25) is 0 Å². The van der Waals surface area contributed by atoms with Crippen LogP contribution in [0, 0.1) is 6.92 Å². The van der Waals surface area contributed by atoms with Crippen LogP contribution in [-0.4, -0.2) is 26.7 Å². The van der Waals surface area contributed by atoms with Crippen LogP contribution in [0.25, 0.3) is 0 Å². The quantitative estimate of drug-likeness (QED) is 0.738. The summed E-state index contributed by atoms with van der Waals surface area (Å²) in [5.41, 5.74) is 3.75. The van der Waals surface area contributed by atoms with Crippen molar-refractivity contribution in [3.8, 4) is 0 Å². The Kier molecular flexibility index (Phi) is 5.06. The minimum atomic E-state index is 0.895. The van der Waals surface area contributed by atoms with Gasteiger partial charge < -0.3 is 10.2 Å². The van der Waals surface area contributed by atoms with Crippen molar-refractivity contribution in [2.45, 2.75) is 13.8 Å². The van der Waals surface area contributed by atoms with Crippen molar-refractivity contribution in [2.75, 3.05) is 31.6 Å². The van der Waals surface area contributed by atoms with E-state index in [1.807, 2.05) is 0 Å². The molecule has 0 aromatic heterocycles. The summed E-state index contributed by atoms with van der Waals surface area (Å²) in [7, 11) is 2.10. The Morgan fingerprint density at radius 3 is 2.81 bits per heavy atom. The SMILES string of the molecule is C=C(CNCC)CN(C)c1cccc(C)c1. The summed E-state index contributed by atoms with van der Waals surface area (Å²) in [5.74, 6) is 0. The second-order valence-electron chi connectivity index (χ2n) is 4.23. The molecule has 0 saturated heterocycles. The molecule has 0 aliphatic carbocycles. The smallest absolute Gasteiger partial charge is 0.0395 e. The molecule has 1 aromatic rings. The molecule has 16 heavy (non-hydrogen) atoms. The lowest BCUT2D eigenvalue weighted by molar-refractivity contribution is 0.760. The number of nitrogens with one attached hydrogen (secondary N) is 1. The molecule has 0 aliphatic heterocycles. The topological polar surface area (TPSA) is 15.3 Å². The van der Waals surface area contributed by atoms with E-state index < -0.39 is 0 Å². The Bertz CT molecular complexity index is 344. The third-order valence-electron chi connectivity index (χ3n) is 2.53. The lowest BCUT2D eigenvalue weighted by Crippen LogP contribution is -2.25. The van der Waals surface area contributed by atoms with Gasteiger partial charge in [0.05, 0.1) is 0 Å². The molecule has 2 heteroatoms. The largest absolute Gasteiger partial charge is 0.371 e. The van der Waals surface area contributed by atoms with E-state index in [4.69, 9.17) is 0 Å². The van der Waals surface area contributed by atoms with Gasteiger partial charge in [-0.3, -0.25) is 0 Å². The van der Waals surface area contributed by atoms with Gasteiger partial charge >= 0.3 is 0 Å². The van der Waals surface area contributed by atoms with Gasteiger partial charge in [-0.1, -0.05) is 25.6 Å². The molecule has 0 amide bonds. The molecule has 1 rings (SSSR count). The fraction of sp³-hybridized carbons (Fsp3) is 0.429. The van der Waals surface area contributed by atoms with E-state index >= 15 is 0 Å². The van der Waals surface area contributed by atoms with Gasteiger partial charge in [0.25, 0.3) is 0 Å². The molecule has 0 heterocycles. The highest BCUT2D eigenvalue weighted by Gasteiger charge is 2.02. The minimum Gasteiger partial charge on any atom is -0.371 e. The van der Waals surface area contributed by atoms with E-state index in [-0.39, 0.29) is 0 Å². The van der Waals surface area contributed by atoms with Crippen LogP contribution in [0.1, 0.15) is 12.5 Å². The average molecular weight is 218 g/mol. The zero-order valence-electron chi connectivity index (χ0n) is 10.6. The van der Waals surface area contributed by atoms with Crippen LogP contribution in [0.4, 0.5) is 5.69 Å². The van der Waals surface area contributed by atoms with Gasteiger partial charge in [0.2, 0.25) is 0 Å². The van der Waals surface area contributed by atoms with Crippen LogP contribution in [0.15, 0.2) is 36.4 Å². The van der Waals surface area contributed by atoms with E-state index in [1.54, 1.807) is 0 Å². The van der Waals surface area contributed by atoms with Crippen molar-refractivity contribution in [3.63, 3.8) is 0 Å². The Hall–Kier alpha value is -1.28. The molecule has 0 fully saturated rings. The van der Waals surface area contributed by atoms with E-state index in [0.717, 1.165) is 19.6 Å². The van der Waals surface area contributed by atoms with E-state index in [9.17, 15) is 0 Å². The fourth-order valence-electron chi connectivity index (χ4n) is 1.65. The summed E-state index contributed by atoms with van der Waals surface area (Å²) in [4.78, 5) is 2.23. The lowest BCUT2D eigenvalue weighted by Gasteiger charge is -2.21. The summed E-state index contributed by atoms with van der Waals surface area (Å²) >= 11 is 0. The van der Waals surface area contributed by atoms with Crippen molar-refractivity contribution in [1.29, 1.82) is 0 Å². The monoisotopic (exact) mass is 218 g/mol. The number of likely N-dealkylation sites (N-methyl/N-ethyl adjacent to an activating group) is 2. The van der Waals surface area contributed by atoms with E-state index in [1.165, 1.54) is 16.8 Å². The maximum atomic E-state index is 4.08. The molecule has 1 N–H and O–H groups in total. The second-order valence-corrected chi connectivity index (χ2v) is 4.23. The Morgan fingerprint density at radius 1 is 1.44 bits per heavy atom. The third-order valence-corrected chi connectivity index (χ3v) is 2.53. The molecule has 0 unspecified atom stereocenters. The molecule has 0 saturated carbocycles. The number of anilines is 1. The van der Waals surface area contributed by atoms with Crippen molar-refractivity contribution in [1.82, 2.24) is 5.32 Å². The standard InChI is InChI=1S/C14H22N2/c1-5-15-10-13(3)11-16(4)14-8-6-7-12(2)9-14/h6-9,15H,3,5,10-11H2,1-2,4H3. The highest BCUT2D eigenvalue weighted by Crippen LogP contribution is 2.14. The first-order valence-corrected chi connectivity index (χ1v) is 5.78. The van der Waals surface area contributed by atoms with Gasteiger partial charge in [0.15, 0.2) is 0 Å². The molecule has 88 valence electrons. The fourth-order valence-corrected chi connectivity index (χ4v) is 1.65. The maximum absolute atomic E-state index is 4.08. The number of nitrogens with zero attached hydrogens (tertiary/aromatic N) is 1. The van der Waals surface area contributed by atoms with Gasteiger partial charge in [0.1, 0.15) is 0 Å². The number of benzene rings is 1. The summed E-state index contributed by atoms with van der Waals surface area (Å²) in [6.45, 7) is 11.1. The molecule has 0 radical (unpaired) electrons. The Balaban J connectivity index is 2.52. The molecular weight excluding hydrogens is 196 g/mol. The van der Waals surface area contributed by atoms with Crippen LogP contribution in [0.3, 0.4) is 0 Å². The van der Waals surface area contributed by atoms with Gasteiger partial charge in [0, 0.05) is 25.8 Å². The van der Waals surface area contributed by atoms with Gasteiger partial charge in [-0.15, -0.1) is 0 Å². The highest BCUT2D eigenvalue weighted by atomic mass is 15.1. The number of hydrogen-bond acceptors (Lipinski definition) is 2. The zero-order chi connectivity index (χ0) is 12.0. The summed E-state index contributed by atoms with van der Waals surface area (Å²) in [5, 5.41) is 3.29. The van der Waals surface area contributed by atoms with Crippen molar-refractivity contribution in [2.24, 2.45) is 0 Å². The van der Waals surface area contributed by atoms with Crippen LogP contribution in [0.5, 0.6) is 0 Å². The average Bonchev–Trinajstić information content (AvgIpc) is 2.26. The first kappa shape index (κ1) is 12.8. The Morgan fingerprint density at radius 2 is 2.19 bits per heavy atom. The van der Waals surface area contributed by atoms with Crippen molar-refractivity contribution >= 4 is 5.69 Å². The number of rotatable bonds is 6. The first-order chi connectivity index (χ1) is 7.63. The third kappa shape index (κ3) is 4.07. The summed E-state index contributed by atoms with van der Waals surface area (Å²) in [6, 6.07) is 8.53.